The number of rotatable bonds is 4. The standard InChI is InChI=1S/C15H17FO3/c1-19-14-6-5-10(8-13(14)16)7-11-3-2-4-12(11)9-15(17)18/h5-6,8-9,11H,2-4,7H2,1H3,(H,17,18)/b12-9+. The summed E-state index contributed by atoms with van der Waals surface area (Å²) in [6.07, 6.45) is 4.78. The van der Waals surface area contributed by atoms with Gasteiger partial charge in [0.2, 0.25) is 0 Å². The highest BCUT2D eigenvalue weighted by molar-refractivity contribution is 5.80. The van der Waals surface area contributed by atoms with Crippen LogP contribution in [0.1, 0.15) is 24.8 Å². The van der Waals surface area contributed by atoms with Crippen LogP contribution >= 0.6 is 0 Å². The lowest BCUT2D eigenvalue weighted by molar-refractivity contribution is -0.131. The van der Waals surface area contributed by atoms with E-state index in [2.05, 4.69) is 0 Å². The Labute approximate surface area is 111 Å². The summed E-state index contributed by atoms with van der Waals surface area (Å²) in [7, 11) is 1.43. The molecule has 0 spiro atoms. The Kier molecular flexibility index (Phi) is 4.20. The molecule has 1 atom stereocenters. The number of methoxy groups -OCH3 is 1. The van der Waals surface area contributed by atoms with Gasteiger partial charge in [0.1, 0.15) is 0 Å². The van der Waals surface area contributed by atoms with Gasteiger partial charge in [-0.2, -0.15) is 0 Å². The Morgan fingerprint density at radius 2 is 2.37 bits per heavy atom. The summed E-state index contributed by atoms with van der Waals surface area (Å²) in [5, 5.41) is 8.82. The third-order valence-corrected chi connectivity index (χ3v) is 3.55. The topological polar surface area (TPSA) is 46.5 Å². The summed E-state index contributed by atoms with van der Waals surface area (Å²) in [5.41, 5.74) is 1.84. The average molecular weight is 264 g/mol. The quantitative estimate of drug-likeness (QED) is 0.849. The lowest BCUT2D eigenvalue weighted by Gasteiger charge is -2.12. The van der Waals surface area contributed by atoms with Crippen LogP contribution in [0.5, 0.6) is 5.75 Å². The Morgan fingerprint density at radius 1 is 1.58 bits per heavy atom. The summed E-state index contributed by atoms with van der Waals surface area (Å²) in [6.45, 7) is 0. The Balaban J connectivity index is 2.12. The van der Waals surface area contributed by atoms with Crippen LogP contribution in [0.25, 0.3) is 0 Å². The predicted octanol–water partition coefficient (Wildman–Crippen LogP) is 3.19. The molecule has 1 fully saturated rings. The van der Waals surface area contributed by atoms with Gasteiger partial charge in [-0.25, -0.2) is 9.18 Å². The lowest BCUT2D eigenvalue weighted by Crippen LogP contribution is -2.04. The fourth-order valence-corrected chi connectivity index (χ4v) is 2.65. The molecular formula is C15H17FO3. The van der Waals surface area contributed by atoms with E-state index in [4.69, 9.17) is 9.84 Å². The first-order valence-electron chi connectivity index (χ1n) is 6.36. The van der Waals surface area contributed by atoms with Gasteiger partial charge in [-0.15, -0.1) is 0 Å². The van der Waals surface area contributed by atoms with E-state index >= 15 is 0 Å². The SMILES string of the molecule is COc1ccc(CC2CCC/C2=C\C(=O)O)cc1F. The van der Waals surface area contributed by atoms with Crippen LogP contribution in [-0.2, 0) is 11.2 Å². The van der Waals surface area contributed by atoms with E-state index in [1.54, 1.807) is 6.07 Å². The summed E-state index contributed by atoms with van der Waals surface area (Å²) in [4.78, 5) is 10.7. The second kappa shape index (κ2) is 5.87. The first kappa shape index (κ1) is 13.6. The number of benzene rings is 1. The highest BCUT2D eigenvalue weighted by atomic mass is 19.1. The van der Waals surface area contributed by atoms with Crippen molar-refractivity contribution in [3.05, 3.63) is 41.2 Å². The number of carbonyl (C=O) groups is 1. The number of hydrogen-bond acceptors (Lipinski definition) is 2. The Morgan fingerprint density at radius 3 is 3.00 bits per heavy atom. The predicted molar refractivity (Wildman–Crippen MR) is 69.7 cm³/mol. The zero-order valence-electron chi connectivity index (χ0n) is 10.9. The van der Waals surface area contributed by atoms with E-state index in [1.807, 2.05) is 6.07 Å². The molecule has 0 saturated heterocycles. The molecule has 0 bridgehead atoms. The van der Waals surface area contributed by atoms with Gasteiger partial charge in [0.05, 0.1) is 7.11 Å². The number of allylic oxidation sites excluding steroid dienone is 1. The van der Waals surface area contributed by atoms with Crippen molar-refractivity contribution in [1.82, 2.24) is 0 Å². The minimum absolute atomic E-state index is 0.212. The maximum atomic E-state index is 13.6. The van der Waals surface area contributed by atoms with E-state index in [-0.39, 0.29) is 17.5 Å². The van der Waals surface area contributed by atoms with Crippen molar-refractivity contribution in [3.63, 3.8) is 0 Å². The van der Waals surface area contributed by atoms with Gasteiger partial charge in [0.25, 0.3) is 0 Å². The van der Waals surface area contributed by atoms with E-state index in [1.165, 1.54) is 19.3 Å². The number of hydrogen-bond donors (Lipinski definition) is 1. The molecular weight excluding hydrogens is 247 g/mol. The van der Waals surface area contributed by atoms with E-state index < -0.39 is 5.97 Å². The molecule has 2 rings (SSSR count). The fourth-order valence-electron chi connectivity index (χ4n) is 2.65. The maximum absolute atomic E-state index is 13.6. The summed E-state index contributed by atoms with van der Waals surface area (Å²) < 4.78 is 18.5. The van der Waals surface area contributed by atoms with E-state index in [0.29, 0.717) is 6.42 Å². The molecule has 3 nitrogen and oxygen atoms in total. The van der Waals surface area contributed by atoms with Crippen molar-refractivity contribution in [2.45, 2.75) is 25.7 Å². The number of ether oxygens (including phenoxy) is 1. The van der Waals surface area contributed by atoms with Crippen LogP contribution in [0.4, 0.5) is 4.39 Å². The first-order chi connectivity index (χ1) is 9.10. The number of carboxylic acids is 1. The molecule has 1 aliphatic carbocycles. The van der Waals surface area contributed by atoms with Crippen molar-refractivity contribution in [1.29, 1.82) is 0 Å². The smallest absolute Gasteiger partial charge is 0.328 e. The van der Waals surface area contributed by atoms with Gasteiger partial charge in [-0.1, -0.05) is 11.6 Å². The lowest BCUT2D eigenvalue weighted by atomic mass is 9.94. The highest BCUT2D eigenvalue weighted by Gasteiger charge is 2.22. The molecule has 0 amide bonds. The monoisotopic (exact) mass is 264 g/mol. The Bertz CT molecular complexity index is 508. The van der Waals surface area contributed by atoms with Crippen LogP contribution in [0, 0.1) is 11.7 Å². The highest BCUT2D eigenvalue weighted by Crippen LogP contribution is 2.34. The van der Waals surface area contributed by atoms with Gasteiger partial charge in [-0.3, -0.25) is 0 Å². The molecule has 1 saturated carbocycles. The normalized spacial score (nSPS) is 20.7. The van der Waals surface area contributed by atoms with Crippen molar-refractivity contribution in [2.75, 3.05) is 7.11 Å². The molecule has 1 aromatic carbocycles. The summed E-state index contributed by atoms with van der Waals surface area (Å²) in [6, 6.07) is 4.91. The third-order valence-electron chi connectivity index (χ3n) is 3.55. The van der Waals surface area contributed by atoms with E-state index in [0.717, 1.165) is 30.4 Å². The van der Waals surface area contributed by atoms with Crippen molar-refractivity contribution in [2.24, 2.45) is 5.92 Å². The third kappa shape index (κ3) is 3.34. The Hall–Kier alpha value is -1.84. The maximum Gasteiger partial charge on any atom is 0.328 e. The number of carboxylic acid groups (broad SMARTS) is 1. The van der Waals surface area contributed by atoms with E-state index in [9.17, 15) is 9.18 Å². The van der Waals surface area contributed by atoms with Crippen LogP contribution in [0.3, 0.4) is 0 Å². The van der Waals surface area contributed by atoms with Crippen molar-refractivity contribution < 1.29 is 19.0 Å². The second-order valence-corrected chi connectivity index (χ2v) is 4.82. The molecule has 1 unspecified atom stereocenters. The minimum atomic E-state index is -0.900. The number of aliphatic carboxylic acids is 1. The van der Waals surface area contributed by atoms with Gasteiger partial charge in [0, 0.05) is 6.08 Å². The molecule has 1 aliphatic rings. The van der Waals surface area contributed by atoms with Crippen LogP contribution < -0.4 is 4.74 Å². The van der Waals surface area contributed by atoms with Crippen molar-refractivity contribution >= 4 is 5.97 Å². The molecule has 4 heteroatoms. The minimum Gasteiger partial charge on any atom is -0.494 e. The number of halogens is 1. The molecule has 1 N–H and O–H groups in total. The molecule has 0 radical (unpaired) electrons. The summed E-state index contributed by atoms with van der Waals surface area (Å²) in [5.74, 6) is -0.829. The van der Waals surface area contributed by atoms with Gasteiger partial charge < -0.3 is 9.84 Å². The zero-order valence-corrected chi connectivity index (χ0v) is 10.9. The molecule has 1 aromatic rings. The molecule has 102 valence electrons. The largest absolute Gasteiger partial charge is 0.494 e. The average Bonchev–Trinajstić information content (AvgIpc) is 2.76. The second-order valence-electron chi connectivity index (χ2n) is 4.82. The fraction of sp³-hybridized carbons (Fsp3) is 0.400. The van der Waals surface area contributed by atoms with Crippen molar-refractivity contribution in [3.8, 4) is 5.75 Å². The van der Waals surface area contributed by atoms with Crippen LogP contribution in [0.2, 0.25) is 0 Å². The van der Waals surface area contributed by atoms with Crippen LogP contribution in [0.15, 0.2) is 29.8 Å². The zero-order chi connectivity index (χ0) is 13.8. The molecule has 0 heterocycles. The molecule has 0 aliphatic heterocycles. The van der Waals surface area contributed by atoms with Gasteiger partial charge in [-0.05, 0) is 49.3 Å². The molecule has 0 aromatic heterocycles. The summed E-state index contributed by atoms with van der Waals surface area (Å²) >= 11 is 0. The molecule has 19 heavy (non-hydrogen) atoms. The van der Waals surface area contributed by atoms with Gasteiger partial charge >= 0.3 is 5.97 Å². The van der Waals surface area contributed by atoms with Crippen LogP contribution in [-0.4, -0.2) is 18.2 Å². The van der Waals surface area contributed by atoms with Gasteiger partial charge in [0.15, 0.2) is 11.6 Å². The first-order valence-corrected chi connectivity index (χ1v) is 6.36.